The molecular weight excluding hydrogens is 181 g/mol. The van der Waals surface area contributed by atoms with Gasteiger partial charge >= 0.3 is 7.69 Å². The van der Waals surface area contributed by atoms with Crippen LogP contribution in [-0.2, 0) is 0 Å². The van der Waals surface area contributed by atoms with E-state index in [4.69, 9.17) is 10.0 Å². The van der Waals surface area contributed by atoms with E-state index in [0.717, 1.165) is 5.56 Å². The van der Waals surface area contributed by atoms with Crippen LogP contribution in [0, 0.1) is 0 Å². The molecule has 0 saturated heterocycles. The van der Waals surface area contributed by atoms with Crippen molar-refractivity contribution in [2.45, 2.75) is 0 Å². The molecule has 1 aromatic rings. The van der Waals surface area contributed by atoms with Crippen molar-refractivity contribution in [2.24, 2.45) is 0 Å². The molecule has 2 N–H and O–H groups in total. The van der Waals surface area contributed by atoms with Crippen molar-refractivity contribution < 1.29 is 14.8 Å². The zero-order chi connectivity index (χ0) is 11.0. The molecule has 75 valence electrons. The Balaban J connectivity index is 0.000000500. The number of carbonyl (C=O) groups excluding carboxylic acids is 1. The molecular formula is C9H13BNO3. The smallest absolute Gasteiger partial charge is 0.429 e. The van der Waals surface area contributed by atoms with E-state index in [0.29, 0.717) is 0 Å². The highest BCUT2D eigenvalue weighted by molar-refractivity contribution is 6.13. The fraction of sp³-hybridized carbons (Fsp3) is 0.222. The van der Waals surface area contributed by atoms with E-state index in [1.165, 1.54) is 0 Å². The molecule has 0 fully saturated rings. The Bertz CT molecular complexity index is 264. The van der Waals surface area contributed by atoms with E-state index in [-0.39, 0.29) is 13.6 Å². The standard InChI is InChI=1S/C9H11NO.BH2O2/c1-10(2)9(11)8-6-4-3-5-7-8;2-1-3/h3-7H,1-2H3;2-3H. The molecule has 0 aliphatic carbocycles. The third-order valence-corrected chi connectivity index (χ3v) is 1.43. The van der Waals surface area contributed by atoms with Crippen LogP contribution in [0.25, 0.3) is 0 Å². The van der Waals surface area contributed by atoms with Crippen LogP contribution >= 0.6 is 0 Å². The summed E-state index contributed by atoms with van der Waals surface area (Å²) >= 11 is 0. The summed E-state index contributed by atoms with van der Waals surface area (Å²) in [6.07, 6.45) is 0. The molecule has 1 radical (unpaired) electrons. The number of hydrogen-bond acceptors (Lipinski definition) is 3. The lowest BCUT2D eigenvalue weighted by Crippen LogP contribution is -2.21. The Morgan fingerprint density at radius 2 is 1.64 bits per heavy atom. The van der Waals surface area contributed by atoms with Crippen molar-refractivity contribution in [2.75, 3.05) is 14.1 Å². The summed E-state index contributed by atoms with van der Waals surface area (Å²) in [5, 5.41) is 14.0. The predicted octanol–water partition coefficient (Wildman–Crippen LogP) is -0.106. The van der Waals surface area contributed by atoms with Crippen LogP contribution in [0.1, 0.15) is 10.4 Å². The van der Waals surface area contributed by atoms with E-state index in [1.807, 2.05) is 30.3 Å². The maximum Gasteiger partial charge on any atom is 0.482 e. The zero-order valence-electron chi connectivity index (χ0n) is 8.21. The van der Waals surface area contributed by atoms with Crippen molar-refractivity contribution in [1.29, 1.82) is 0 Å². The van der Waals surface area contributed by atoms with Gasteiger partial charge in [-0.15, -0.1) is 0 Å². The van der Waals surface area contributed by atoms with Crippen LogP contribution in [-0.4, -0.2) is 42.6 Å². The number of amides is 1. The Morgan fingerprint density at radius 1 is 1.21 bits per heavy atom. The molecule has 0 unspecified atom stereocenters. The van der Waals surface area contributed by atoms with E-state index in [2.05, 4.69) is 0 Å². The first-order valence-electron chi connectivity index (χ1n) is 4.00. The average Bonchev–Trinajstić information content (AvgIpc) is 2.19. The van der Waals surface area contributed by atoms with Gasteiger partial charge in [-0.1, -0.05) is 18.2 Å². The number of hydrogen-bond donors (Lipinski definition) is 2. The van der Waals surface area contributed by atoms with E-state index >= 15 is 0 Å². The Hall–Kier alpha value is -1.33. The minimum atomic E-state index is 0. The molecule has 1 rings (SSSR count). The number of benzene rings is 1. The average molecular weight is 194 g/mol. The highest BCUT2D eigenvalue weighted by Gasteiger charge is 2.04. The minimum absolute atomic E-state index is 0. The molecule has 1 amide bonds. The lowest BCUT2D eigenvalue weighted by atomic mass is 10.2. The van der Waals surface area contributed by atoms with Crippen LogP contribution in [0.4, 0.5) is 0 Å². The number of nitrogens with zero attached hydrogens (tertiary/aromatic N) is 1. The van der Waals surface area contributed by atoms with Crippen molar-refractivity contribution in [3.05, 3.63) is 35.9 Å². The maximum absolute atomic E-state index is 11.3. The molecule has 0 saturated carbocycles. The zero-order valence-corrected chi connectivity index (χ0v) is 8.21. The highest BCUT2D eigenvalue weighted by Crippen LogP contribution is 2.00. The summed E-state index contributed by atoms with van der Waals surface area (Å²) in [6, 6.07) is 9.23. The summed E-state index contributed by atoms with van der Waals surface area (Å²) < 4.78 is 0. The molecule has 0 aliphatic rings. The summed E-state index contributed by atoms with van der Waals surface area (Å²) in [5.74, 6) is 0.0469. The van der Waals surface area contributed by atoms with Gasteiger partial charge in [-0.2, -0.15) is 0 Å². The summed E-state index contributed by atoms with van der Waals surface area (Å²) in [7, 11) is 3.49. The Morgan fingerprint density at radius 3 is 2.00 bits per heavy atom. The van der Waals surface area contributed by atoms with Crippen LogP contribution < -0.4 is 0 Å². The second-order valence-corrected chi connectivity index (χ2v) is 2.68. The molecule has 0 aromatic heterocycles. The minimum Gasteiger partial charge on any atom is -0.429 e. The number of carbonyl (C=O) groups is 1. The first kappa shape index (κ1) is 12.7. The Labute approximate surface area is 84.1 Å². The second kappa shape index (κ2) is 7.11. The van der Waals surface area contributed by atoms with E-state index < -0.39 is 0 Å². The van der Waals surface area contributed by atoms with Gasteiger partial charge in [0.1, 0.15) is 0 Å². The fourth-order valence-corrected chi connectivity index (χ4v) is 0.839. The van der Waals surface area contributed by atoms with Gasteiger partial charge in [-0.05, 0) is 12.1 Å². The Kier molecular flexibility index (Phi) is 6.44. The van der Waals surface area contributed by atoms with Gasteiger partial charge in [-0.3, -0.25) is 4.79 Å². The van der Waals surface area contributed by atoms with Crippen molar-refractivity contribution in [1.82, 2.24) is 4.90 Å². The fourth-order valence-electron chi connectivity index (χ4n) is 0.839. The molecule has 1 aromatic carbocycles. The lowest BCUT2D eigenvalue weighted by Gasteiger charge is -2.08. The second-order valence-electron chi connectivity index (χ2n) is 2.68. The molecule has 5 heteroatoms. The first-order valence-corrected chi connectivity index (χ1v) is 4.00. The maximum atomic E-state index is 11.3. The first-order chi connectivity index (χ1) is 6.63. The molecule has 4 nitrogen and oxygen atoms in total. The topological polar surface area (TPSA) is 60.8 Å². The highest BCUT2D eigenvalue weighted by atomic mass is 16.4. The summed E-state index contributed by atoms with van der Waals surface area (Å²) in [4.78, 5) is 12.8. The summed E-state index contributed by atoms with van der Waals surface area (Å²) in [6.45, 7) is 0. The van der Waals surface area contributed by atoms with Crippen molar-refractivity contribution in [3.8, 4) is 0 Å². The lowest BCUT2D eigenvalue weighted by molar-refractivity contribution is 0.0827. The van der Waals surface area contributed by atoms with Crippen LogP contribution in [0.2, 0.25) is 0 Å². The monoisotopic (exact) mass is 194 g/mol. The van der Waals surface area contributed by atoms with Gasteiger partial charge in [0.2, 0.25) is 0 Å². The summed E-state index contributed by atoms with van der Waals surface area (Å²) in [5.41, 5.74) is 0.734. The van der Waals surface area contributed by atoms with Gasteiger partial charge in [-0.25, -0.2) is 0 Å². The third kappa shape index (κ3) is 4.64. The van der Waals surface area contributed by atoms with Gasteiger partial charge in [0, 0.05) is 19.7 Å². The number of rotatable bonds is 1. The van der Waals surface area contributed by atoms with Gasteiger partial charge in [0.05, 0.1) is 0 Å². The third-order valence-electron chi connectivity index (χ3n) is 1.43. The van der Waals surface area contributed by atoms with Crippen LogP contribution in [0.5, 0.6) is 0 Å². The molecule has 0 bridgehead atoms. The van der Waals surface area contributed by atoms with Gasteiger partial charge in [0.25, 0.3) is 5.91 Å². The SMILES string of the molecule is CN(C)C(=O)c1ccccc1.O[B]O. The van der Waals surface area contributed by atoms with Gasteiger partial charge < -0.3 is 14.9 Å². The normalized spacial score (nSPS) is 8.29. The quantitative estimate of drug-likeness (QED) is 0.613. The molecule has 0 atom stereocenters. The van der Waals surface area contributed by atoms with E-state index in [9.17, 15) is 4.79 Å². The molecule has 0 spiro atoms. The van der Waals surface area contributed by atoms with Crippen molar-refractivity contribution >= 4 is 13.6 Å². The van der Waals surface area contributed by atoms with Crippen molar-refractivity contribution in [3.63, 3.8) is 0 Å². The van der Waals surface area contributed by atoms with Crippen LogP contribution in [0.15, 0.2) is 30.3 Å². The largest absolute Gasteiger partial charge is 0.482 e. The van der Waals surface area contributed by atoms with Gasteiger partial charge in [0.15, 0.2) is 0 Å². The molecule has 14 heavy (non-hydrogen) atoms. The molecule has 0 aliphatic heterocycles. The van der Waals surface area contributed by atoms with Crippen LogP contribution in [0.3, 0.4) is 0 Å². The predicted molar refractivity (Wildman–Crippen MR) is 54.7 cm³/mol. The van der Waals surface area contributed by atoms with E-state index in [1.54, 1.807) is 19.0 Å². The molecule has 0 heterocycles.